The molecule has 0 radical (unpaired) electrons. The Balaban J connectivity index is 2.93. The number of allylic oxidation sites excluding steroid dienone is 1. The molecule has 3 nitrogen and oxygen atoms in total. The minimum Gasteiger partial charge on any atom is -0.481 e. The summed E-state index contributed by atoms with van der Waals surface area (Å²) < 4.78 is 0. The van der Waals surface area contributed by atoms with Crippen molar-refractivity contribution in [2.45, 2.75) is 40.0 Å². The third-order valence-electron chi connectivity index (χ3n) is 2.56. The number of hydrogen-bond acceptors (Lipinski definition) is 2. The second-order valence-corrected chi connectivity index (χ2v) is 4.77. The molecule has 1 aliphatic carbocycles. The van der Waals surface area contributed by atoms with Crippen molar-refractivity contribution in [1.29, 1.82) is 0 Å². The van der Waals surface area contributed by atoms with Crippen molar-refractivity contribution < 1.29 is 14.7 Å². The van der Waals surface area contributed by atoms with Gasteiger partial charge in [-0.3, -0.25) is 9.59 Å². The van der Waals surface area contributed by atoms with Crippen molar-refractivity contribution in [3.63, 3.8) is 0 Å². The van der Waals surface area contributed by atoms with E-state index in [1.54, 1.807) is 0 Å². The molecule has 0 bridgehead atoms. The zero-order valence-corrected chi connectivity index (χ0v) is 8.89. The monoisotopic (exact) mass is 196 g/mol. The van der Waals surface area contributed by atoms with Crippen LogP contribution in [0.1, 0.15) is 40.0 Å². The number of aliphatic carboxylic acids is 1. The number of carboxylic acid groups (broad SMARTS) is 1. The van der Waals surface area contributed by atoms with Gasteiger partial charge < -0.3 is 5.11 Å². The van der Waals surface area contributed by atoms with Crippen LogP contribution in [0.3, 0.4) is 0 Å². The number of carbonyl (C=O) groups is 2. The second-order valence-electron chi connectivity index (χ2n) is 4.77. The van der Waals surface area contributed by atoms with Gasteiger partial charge in [-0.25, -0.2) is 0 Å². The Morgan fingerprint density at radius 3 is 2.43 bits per heavy atom. The van der Waals surface area contributed by atoms with E-state index >= 15 is 0 Å². The van der Waals surface area contributed by atoms with Crippen molar-refractivity contribution in [2.24, 2.45) is 5.41 Å². The molecule has 0 saturated heterocycles. The van der Waals surface area contributed by atoms with E-state index in [4.69, 9.17) is 5.11 Å². The molecule has 14 heavy (non-hydrogen) atoms. The van der Waals surface area contributed by atoms with Gasteiger partial charge in [-0.15, -0.1) is 0 Å². The third kappa shape index (κ3) is 2.44. The average molecular weight is 196 g/mol. The van der Waals surface area contributed by atoms with Crippen LogP contribution in [0.25, 0.3) is 0 Å². The number of Topliss-reactive ketones (excluding diaryl/α,β-unsaturated/α-hetero) is 1. The first-order valence-electron chi connectivity index (χ1n) is 4.75. The van der Waals surface area contributed by atoms with Gasteiger partial charge in [0.15, 0.2) is 5.78 Å². The van der Waals surface area contributed by atoms with Gasteiger partial charge >= 0.3 is 5.97 Å². The van der Waals surface area contributed by atoms with E-state index in [2.05, 4.69) is 0 Å². The second kappa shape index (κ2) is 3.56. The van der Waals surface area contributed by atoms with E-state index in [1.807, 2.05) is 20.8 Å². The molecule has 0 aromatic heterocycles. The van der Waals surface area contributed by atoms with Gasteiger partial charge in [-0.2, -0.15) is 0 Å². The van der Waals surface area contributed by atoms with E-state index in [-0.39, 0.29) is 17.6 Å². The van der Waals surface area contributed by atoms with Gasteiger partial charge in [-0.1, -0.05) is 19.4 Å². The quantitative estimate of drug-likeness (QED) is 0.736. The molecule has 3 heteroatoms. The largest absolute Gasteiger partial charge is 0.481 e. The highest BCUT2D eigenvalue weighted by atomic mass is 16.4. The lowest BCUT2D eigenvalue weighted by atomic mass is 9.73. The van der Waals surface area contributed by atoms with Crippen LogP contribution in [0, 0.1) is 5.41 Å². The predicted octanol–water partition coefficient (Wildman–Crippen LogP) is 2.17. The summed E-state index contributed by atoms with van der Waals surface area (Å²) in [5.74, 6) is -0.923. The molecule has 1 aliphatic rings. The molecular weight excluding hydrogens is 180 g/mol. The molecule has 78 valence electrons. The summed E-state index contributed by atoms with van der Waals surface area (Å²) in [6.45, 7) is 5.93. The first-order chi connectivity index (χ1) is 6.32. The maximum atomic E-state index is 11.6. The van der Waals surface area contributed by atoms with Gasteiger partial charge in [0, 0.05) is 12.0 Å². The van der Waals surface area contributed by atoms with Crippen molar-refractivity contribution in [3.8, 4) is 0 Å². The SMILES string of the molecule is CC1=C(CC(=O)O)C(=O)CC(C)(C)C1. The lowest BCUT2D eigenvalue weighted by molar-refractivity contribution is -0.137. The Labute approximate surface area is 83.8 Å². The molecule has 0 atom stereocenters. The minimum atomic E-state index is -0.924. The van der Waals surface area contributed by atoms with Crippen molar-refractivity contribution in [3.05, 3.63) is 11.1 Å². The molecule has 0 amide bonds. The van der Waals surface area contributed by atoms with E-state index in [9.17, 15) is 9.59 Å². The van der Waals surface area contributed by atoms with Crippen LogP contribution in [0.2, 0.25) is 0 Å². The number of carboxylic acids is 1. The molecule has 0 fully saturated rings. The molecule has 0 aromatic rings. The Hall–Kier alpha value is -1.12. The van der Waals surface area contributed by atoms with Crippen LogP contribution >= 0.6 is 0 Å². The first-order valence-corrected chi connectivity index (χ1v) is 4.75. The molecule has 0 heterocycles. The molecule has 1 N–H and O–H groups in total. The zero-order valence-electron chi connectivity index (χ0n) is 8.89. The van der Waals surface area contributed by atoms with E-state index in [1.165, 1.54) is 0 Å². The summed E-state index contributed by atoms with van der Waals surface area (Å²) in [4.78, 5) is 22.2. The molecular formula is C11H16O3. The normalized spacial score (nSPS) is 21.2. The van der Waals surface area contributed by atoms with Gasteiger partial charge in [0.05, 0.1) is 6.42 Å². The van der Waals surface area contributed by atoms with Crippen LogP contribution in [-0.4, -0.2) is 16.9 Å². The summed E-state index contributed by atoms with van der Waals surface area (Å²) in [5, 5.41) is 8.64. The predicted molar refractivity (Wildman–Crippen MR) is 53.0 cm³/mol. The van der Waals surface area contributed by atoms with Gasteiger partial charge in [0.2, 0.25) is 0 Å². The van der Waals surface area contributed by atoms with E-state index in [0.717, 1.165) is 12.0 Å². The topological polar surface area (TPSA) is 54.4 Å². The standard InChI is InChI=1S/C11H16O3/c1-7-5-11(2,3)6-9(12)8(7)4-10(13)14/h4-6H2,1-3H3,(H,13,14). The number of rotatable bonds is 2. The molecule has 0 saturated carbocycles. The molecule has 1 rings (SSSR count). The number of ketones is 1. The van der Waals surface area contributed by atoms with Crippen LogP contribution in [0.5, 0.6) is 0 Å². The summed E-state index contributed by atoms with van der Waals surface area (Å²) in [5.41, 5.74) is 1.44. The lowest BCUT2D eigenvalue weighted by Gasteiger charge is -2.30. The van der Waals surface area contributed by atoms with E-state index < -0.39 is 5.97 Å². The Morgan fingerprint density at radius 1 is 1.43 bits per heavy atom. The smallest absolute Gasteiger partial charge is 0.307 e. The van der Waals surface area contributed by atoms with Gasteiger partial charge in [0.25, 0.3) is 0 Å². The molecule has 0 aliphatic heterocycles. The van der Waals surface area contributed by atoms with Crippen molar-refractivity contribution in [2.75, 3.05) is 0 Å². The fourth-order valence-electron chi connectivity index (χ4n) is 2.07. The Morgan fingerprint density at radius 2 is 2.00 bits per heavy atom. The van der Waals surface area contributed by atoms with Gasteiger partial charge in [0.1, 0.15) is 0 Å². The summed E-state index contributed by atoms with van der Waals surface area (Å²) in [6, 6.07) is 0. The van der Waals surface area contributed by atoms with Gasteiger partial charge in [-0.05, 0) is 18.8 Å². The number of hydrogen-bond donors (Lipinski definition) is 1. The molecule has 0 unspecified atom stereocenters. The summed E-state index contributed by atoms with van der Waals surface area (Å²) in [6.07, 6.45) is 1.16. The van der Waals surface area contributed by atoms with E-state index in [0.29, 0.717) is 12.0 Å². The van der Waals surface area contributed by atoms with Crippen LogP contribution in [-0.2, 0) is 9.59 Å². The van der Waals surface area contributed by atoms with Crippen molar-refractivity contribution >= 4 is 11.8 Å². The highest BCUT2D eigenvalue weighted by Crippen LogP contribution is 2.37. The number of carbonyl (C=O) groups excluding carboxylic acids is 1. The zero-order chi connectivity index (χ0) is 10.9. The maximum Gasteiger partial charge on any atom is 0.307 e. The average Bonchev–Trinajstić information content (AvgIpc) is 1.94. The highest BCUT2D eigenvalue weighted by Gasteiger charge is 2.31. The molecule has 0 spiro atoms. The highest BCUT2D eigenvalue weighted by molar-refractivity contribution is 6.00. The Bertz CT molecular complexity index is 310. The third-order valence-corrected chi connectivity index (χ3v) is 2.56. The Kier molecular flexibility index (Phi) is 2.79. The summed E-state index contributed by atoms with van der Waals surface area (Å²) >= 11 is 0. The first kappa shape index (κ1) is 11.0. The minimum absolute atomic E-state index is 0.00106. The lowest BCUT2D eigenvalue weighted by Crippen LogP contribution is -2.26. The van der Waals surface area contributed by atoms with Crippen molar-refractivity contribution in [1.82, 2.24) is 0 Å². The van der Waals surface area contributed by atoms with Crippen LogP contribution in [0.15, 0.2) is 11.1 Å². The van der Waals surface area contributed by atoms with Crippen LogP contribution < -0.4 is 0 Å². The molecule has 0 aromatic carbocycles. The van der Waals surface area contributed by atoms with Crippen LogP contribution in [0.4, 0.5) is 0 Å². The summed E-state index contributed by atoms with van der Waals surface area (Å²) in [7, 11) is 0. The fourth-order valence-corrected chi connectivity index (χ4v) is 2.07. The fraction of sp³-hybridized carbons (Fsp3) is 0.636. The maximum absolute atomic E-state index is 11.6.